The van der Waals surface area contributed by atoms with E-state index in [9.17, 15) is 4.79 Å². The number of carbonyl (C=O) groups is 1. The van der Waals surface area contributed by atoms with E-state index in [-0.39, 0.29) is 12.0 Å². The van der Waals surface area contributed by atoms with Crippen molar-refractivity contribution in [2.75, 3.05) is 6.61 Å². The first-order chi connectivity index (χ1) is 9.04. The molecule has 0 aromatic rings. The fourth-order valence-electron chi connectivity index (χ4n) is 2.59. The molecule has 1 amide bonds. The number of nitrogens with zero attached hydrogens (tertiary/aromatic N) is 1. The maximum atomic E-state index is 11.0. The summed E-state index contributed by atoms with van der Waals surface area (Å²) in [5.41, 5.74) is 6.11. The average molecular weight is 270 g/mol. The molecule has 110 valence electrons. The summed E-state index contributed by atoms with van der Waals surface area (Å²) in [5, 5.41) is 4.05. The van der Waals surface area contributed by atoms with Crippen LogP contribution in [0, 0.1) is 11.8 Å². The van der Waals surface area contributed by atoms with E-state index in [1.165, 1.54) is 12.8 Å². The van der Waals surface area contributed by atoms with Crippen LogP contribution in [0.1, 0.15) is 52.9 Å². The lowest BCUT2D eigenvalue weighted by Gasteiger charge is -2.25. The molecule has 5 heteroatoms. The Morgan fingerprint density at radius 3 is 2.58 bits per heavy atom. The molecule has 0 radical (unpaired) electrons. The highest BCUT2D eigenvalue weighted by atomic mass is 16.6. The van der Waals surface area contributed by atoms with E-state index in [1.54, 1.807) is 0 Å². The van der Waals surface area contributed by atoms with E-state index in [2.05, 4.69) is 12.1 Å². The van der Waals surface area contributed by atoms with Crippen LogP contribution < -0.4 is 5.73 Å². The number of nitrogens with two attached hydrogens (primary N) is 1. The zero-order valence-electron chi connectivity index (χ0n) is 12.2. The number of primary amides is 1. The summed E-state index contributed by atoms with van der Waals surface area (Å²) in [6.07, 6.45) is 4.65. The lowest BCUT2D eigenvalue weighted by Crippen LogP contribution is -2.31. The third-order valence-corrected chi connectivity index (χ3v) is 3.83. The Balaban J connectivity index is 2.57. The molecule has 0 aliphatic heterocycles. The number of amides is 1. The molecule has 0 saturated heterocycles. The third kappa shape index (κ3) is 5.49. The van der Waals surface area contributed by atoms with Crippen LogP contribution in [0.25, 0.3) is 0 Å². The van der Waals surface area contributed by atoms with Crippen molar-refractivity contribution in [3.63, 3.8) is 0 Å². The van der Waals surface area contributed by atoms with Gasteiger partial charge in [-0.25, -0.2) is 4.79 Å². The van der Waals surface area contributed by atoms with Gasteiger partial charge in [0.25, 0.3) is 0 Å². The fourth-order valence-corrected chi connectivity index (χ4v) is 2.59. The lowest BCUT2D eigenvalue weighted by atomic mass is 9.90. The van der Waals surface area contributed by atoms with E-state index in [0.29, 0.717) is 12.5 Å². The Hall–Kier alpha value is -1.26. The topological polar surface area (TPSA) is 73.9 Å². The number of ether oxygens (including phenoxy) is 1. The molecule has 2 atom stereocenters. The number of rotatable bonds is 7. The molecular formula is C14H26N2O3. The van der Waals surface area contributed by atoms with Crippen molar-refractivity contribution in [3.8, 4) is 0 Å². The van der Waals surface area contributed by atoms with Gasteiger partial charge in [-0.3, -0.25) is 0 Å². The highest BCUT2D eigenvalue weighted by molar-refractivity contribution is 5.83. The standard InChI is InChI=1S/C14H26N2O3/c1-4-18-16-11(3)10(2)9-13(19-14(15)17)12-7-5-6-8-12/h10,12-13H,4-9H2,1-3H3,(H2,15,17)/b16-11+/t10-,13+/m0/s1. The second-order valence-corrected chi connectivity index (χ2v) is 5.31. The minimum absolute atomic E-state index is 0.0956. The summed E-state index contributed by atoms with van der Waals surface area (Å²) in [6.45, 7) is 6.48. The summed E-state index contributed by atoms with van der Waals surface area (Å²) in [4.78, 5) is 16.1. The minimum Gasteiger partial charge on any atom is -0.446 e. The van der Waals surface area contributed by atoms with Crippen molar-refractivity contribution in [2.45, 2.75) is 59.0 Å². The van der Waals surface area contributed by atoms with E-state index < -0.39 is 6.09 Å². The van der Waals surface area contributed by atoms with Crippen molar-refractivity contribution in [1.82, 2.24) is 0 Å². The van der Waals surface area contributed by atoms with Gasteiger partial charge in [0.05, 0.1) is 5.71 Å². The van der Waals surface area contributed by atoms with Crippen molar-refractivity contribution in [1.29, 1.82) is 0 Å². The van der Waals surface area contributed by atoms with Gasteiger partial charge in [0, 0.05) is 5.92 Å². The molecule has 19 heavy (non-hydrogen) atoms. The van der Waals surface area contributed by atoms with Gasteiger partial charge in [-0.05, 0) is 39.0 Å². The number of hydrogen-bond donors (Lipinski definition) is 1. The van der Waals surface area contributed by atoms with Crippen molar-refractivity contribution in [2.24, 2.45) is 22.7 Å². The fraction of sp³-hybridized carbons (Fsp3) is 0.857. The van der Waals surface area contributed by atoms with Gasteiger partial charge in [-0.2, -0.15) is 0 Å². The van der Waals surface area contributed by atoms with Crippen molar-refractivity contribution in [3.05, 3.63) is 0 Å². The Labute approximate surface area is 115 Å². The SMILES string of the molecule is CCO/N=C(\C)[C@@H](C)C[C@@H](OC(N)=O)C1CCCC1. The average Bonchev–Trinajstić information content (AvgIpc) is 2.88. The predicted molar refractivity (Wildman–Crippen MR) is 74.9 cm³/mol. The first-order valence-electron chi connectivity index (χ1n) is 7.17. The number of hydrogen-bond acceptors (Lipinski definition) is 4. The molecule has 0 aromatic carbocycles. The van der Waals surface area contributed by atoms with Gasteiger partial charge in [-0.1, -0.05) is 24.9 Å². The summed E-state index contributed by atoms with van der Waals surface area (Å²) in [6, 6.07) is 0. The molecule has 1 rings (SSSR count). The van der Waals surface area contributed by atoms with Gasteiger partial charge in [0.2, 0.25) is 0 Å². The van der Waals surface area contributed by atoms with Crippen LogP contribution in [0.5, 0.6) is 0 Å². The highest BCUT2D eigenvalue weighted by Crippen LogP contribution is 2.32. The van der Waals surface area contributed by atoms with Crippen LogP contribution in [-0.2, 0) is 9.57 Å². The second kappa shape index (κ2) is 8.02. The van der Waals surface area contributed by atoms with Crippen molar-refractivity contribution >= 4 is 11.8 Å². The normalized spacial score (nSPS) is 20.1. The molecule has 1 fully saturated rings. The molecule has 0 heterocycles. The predicted octanol–water partition coefficient (Wildman–Crippen LogP) is 3.08. The first kappa shape index (κ1) is 15.8. The maximum Gasteiger partial charge on any atom is 0.404 e. The third-order valence-electron chi connectivity index (χ3n) is 3.83. The zero-order chi connectivity index (χ0) is 14.3. The highest BCUT2D eigenvalue weighted by Gasteiger charge is 2.29. The van der Waals surface area contributed by atoms with Gasteiger partial charge in [0.15, 0.2) is 0 Å². The largest absolute Gasteiger partial charge is 0.446 e. The minimum atomic E-state index is -0.677. The quantitative estimate of drug-likeness (QED) is 0.570. The first-order valence-corrected chi connectivity index (χ1v) is 7.17. The van der Waals surface area contributed by atoms with Gasteiger partial charge >= 0.3 is 6.09 Å². The van der Waals surface area contributed by atoms with Gasteiger partial charge < -0.3 is 15.3 Å². The van der Waals surface area contributed by atoms with E-state index in [1.807, 2.05) is 13.8 Å². The summed E-state index contributed by atoms with van der Waals surface area (Å²) in [7, 11) is 0. The van der Waals surface area contributed by atoms with E-state index >= 15 is 0 Å². The molecule has 0 unspecified atom stereocenters. The molecule has 1 aliphatic rings. The van der Waals surface area contributed by atoms with Crippen LogP contribution >= 0.6 is 0 Å². The Kier molecular flexibility index (Phi) is 6.67. The van der Waals surface area contributed by atoms with Gasteiger partial charge in [0.1, 0.15) is 12.7 Å². The van der Waals surface area contributed by atoms with Crippen LogP contribution in [-0.4, -0.2) is 24.5 Å². The molecule has 1 saturated carbocycles. The second-order valence-electron chi connectivity index (χ2n) is 5.31. The molecule has 5 nitrogen and oxygen atoms in total. The van der Waals surface area contributed by atoms with Crippen molar-refractivity contribution < 1.29 is 14.4 Å². The van der Waals surface area contributed by atoms with Gasteiger partial charge in [-0.15, -0.1) is 0 Å². The Bertz CT molecular complexity index is 312. The molecular weight excluding hydrogens is 244 g/mol. The number of carbonyl (C=O) groups excluding carboxylic acids is 1. The van der Waals surface area contributed by atoms with Crippen LogP contribution in [0.4, 0.5) is 4.79 Å². The summed E-state index contributed by atoms with van der Waals surface area (Å²) in [5.74, 6) is 0.659. The van der Waals surface area contributed by atoms with E-state index in [4.69, 9.17) is 15.3 Å². The Morgan fingerprint density at radius 1 is 1.42 bits per heavy atom. The lowest BCUT2D eigenvalue weighted by molar-refractivity contribution is 0.0590. The van der Waals surface area contributed by atoms with Crippen LogP contribution in [0.3, 0.4) is 0 Å². The zero-order valence-corrected chi connectivity index (χ0v) is 12.2. The molecule has 1 aliphatic carbocycles. The molecule has 0 aromatic heterocycles. The Morgan fingerprint density at radius 2 is 2.05 bits per heavy atom. The van der Waals surface area contributed by atoms with Crippen LogP contribution in [0.15, 0.2) is 5.16 Å². The van der Waals surface area contributed by atoms with E-state index in [0.717, 1.165) is 25.0 Å². The summed E-state index contributed by atoms with van der Waals surface area (Å²) < 4.78 is 5.30. The maximum absolute atomic E-state index is 11.0. The molecule has 2 N–H and O–H groups in total. The molecule has 0 spiro atoms. The monoisotopic (exact) mass is 270 g/mol. The smallest absolute Gasteiger partial charge is 0.404 e. The summed E-state index contributed by atoms with van der Waals surface area (Å²) >= 11 is 0. The molecule has 0 bridgehead atoms. The number of oxime groups is 1. The van der Waals surface area contributed by atoms with Crippen LogP contribution in [0.2, 0.25) is 0 Å².